The number of methoxy groups -OCH3 is 1. The second-order valence-electron chi connectivity index (χ2n) is 4.46. The van der Waals surface area contributed by atoms with Gasteiger partial charge in [0.25, 0.3) is 5.69 Å². The lowest BCUT2D eigenvalue weighted by atomic mass is 10.3. The minimum absolute atomic E-state index is 0.0689. The predicted octanol–water partition coefficient (Wildman–Crippen LogP) is 4.26. The average Bonchev–Trinajstić information content (AvgIpc) is 3.11. The van der Waals surface area contributed by atoms with Gasteiger partial charge >= 0.3 is 5.97 Å². The van der Waals surface area contributed by atoms with Crippen molar-refractivity contribution in [2.24, 2.45) is 0 Å². The molecule has 0 saturated heterocycles. The number of hydrogen-bond acceptors (Lipinski definition) is 7. The maximum Gasteiger partial charge on any atom is 0.348 e. The van der Waals surface area contributed by atoms with Crippen LogP contribution in [0.4, 0.5) is 10.1 Å². The third kappa shape index (κ3) is 3.07. The number of halogens is 2. The first kappa shape index (κ1) is 16.7. The Morgan fingerprint density at radius 3 is 2.92 bits per heavy atom. The molecule has 2 aromatic heterocycles. The van der Waals surface area contributed by atoms with Crippen LogP contribution in [0, 0.1) is 15.9 Å². The number of carbonyl (C=O) groups excluding carboxylic acids is 1. The van der Waals surface area contributed by atoms with Crippen LogP contribution in [0.1, 0.15) is 9.67 Å². The molecule has 0 unspecified atom stereocenters. The van der Waals surface area contributed by atoms with Crippen LogP contribution >= 0.6 is 34.7 Å². The largest absolute Gasteiger partial charge is 0.465 e. The molecular weight excluding hydrogens is 381 g/mol. The van der Waals surface area contributed by atoms with Gasteiger partial charge in [-0.25, -0.2) is 14.2 Å². The fourth-order valence-corrected chi connectivity index (χ4v) is 4.21. The molecule has 0 saturated carbocycles. The number of ether oxygens (including phenoxy) is 1. The molecular formula is C13H7ClFN3O4S2. The molecule has 0 aliphatic carbocycles. The smallest absolute Gasteiger partial charge is 0.348 e. The molecule has 3 aromatic rings. The quantitative estimate of drug-likeness (QED) is 0.408. The third-order valence-corrected chi connectivity index (χ3v) is 5.42. The molecule has 2 heterocycles. The monoisotopic (exact) mass is 387 g/mol. The number of nitrogens with zero attached hydrogens (tertiary/aromatic N) is 2. The summed E-state index contributed by atoms with van der Waals surface area (Å²) in [5.74, 6) is -1.26. The number of imidazole rings is 1. The maximum absolute atomic E-state index is 13.5. The van der Waals surface area contributed by atoms with E-state index < -0.39 is 16.7 Å². The van der Waals surface area contributed by atoms with E-state index in [1.165, 1.54) is 19.2 Å². The molecule has 24 heavy (non-hydrogen) atoms. The summed E-state index contributed by atoms with van der Waals surface area (Å²) in [4.78, 5) is 29.3. The van der Waals surface area contributed by atoms with Gasteiger partial charge in [-0.05, 0) is 17.8 Å². The van der Waals surface area contributed by atoms with Gasteiger partial charge < -0.3 is 9.72 Å². The van der Waals surface area contributed by atoms with Gasteiger partial charge in [0.1, 0.15) is 14.9 Å². The first-order chi connectivity index (χ1) is 11.4. The van der Waals surface area contributed by atoms with E-state index in [-0.39, 0.29) is 19.8 Å². The molecule has 7 nitrogen and oxygen atoms in total. The van der Waals surface area contributed by atoms with Gasteiger partial charge in [0.2, 0.25) is 0 Å². The van der Waals surface area contributed by atoms with Crippen LogP contribution in [0.2, 0.25) is 5.02 Å². The molecule has 11 heteroatoms. The van der Waals surface area contributed by atoms with E-state index in [0.717, 1.165) is 29.2 Å². The lowest BCUT2D eigenvalue weighted by Crippen LogP contribution is -1.97. The molecule has 1 aromatic carbocycles. The Hall–Kier alpha value is -2.17. The zero-order valence-electron chi connectivity index (χ0n) is 11.8. The molecule has 1 N–H and O–H groups in total. The number of aromatic amines is 1. The highest BCUT2D eigenvalue weighted by molar-refractivity contribution is 8.01. The van der Waals surface area contributed by atoms with Gasteiger partial charge in [-0.3, -0.25) is 10.1 Å². The number of thiophene rings is 1. The molecule has 0 aliphatic heterocycles. The summed E-state index contributed by atoms with van der Waals surface area (Å²) in [6.45, 7) is 0. The van der Waals surface area contributed by atoms with Gasteiger partial charge in [-0.1, -0.05) is 11.6 Å². The number of hydrogen-bond donors (Lipinski definition) is 1. The van der Waals surface area contributed by atoms with Crippen molar-refractivity contribution in [2.75, 3.05) is 7.11 Å². The van der Waals surface area contributed by atoms with Crippen LogP contribution in [-0.4, -0.2) is 28.0 Å². The number of nitrogens with one attached hydrogen (secondary N) is 1. The summed E-state index contributed by atoms with van der Waals surface area (Å²) < 4.78 is 18.3. The molecule has 0 bridgehead atoms. The van der Waals surface area contributed by atoms with Crippen LogP contribution in [0.3, 0.4) is 0 Å². The van der Waals surface area contributed by atoms with E-state index in [2.05, 4.69) is 14.7 Å². The number of fused-ring (bicyclic) bond motifs is 1. The van der Waals surface area contributed by atoms with E-state index in [1.807, 2.05) is 0 Å². The normalized spacial score (nSPS) is 11.0. The first-order valence-corrected chi connectivity index (χ1v) is 8.29. The Bertz CT molecular complexity index is 933. The minimum atomic E-state index is -0.659. The third-order valence-electron chi connectivity index (χ3n) is 2.95. The van der Waals surface area contributed by atoms with E-state index >= 15 is 0 Å². The van der Waals surface area contributed by atoms with Crippen molar-refractivity contribution in [1.82, 2.24) is 9.97 Å². The SMILES string of the molecule is COC(=O)c1cc([N+](=O)[O-])c(Sc2nc3cc(Cl)c(F)cc3[nH]2)s1. The first-order valence-electron chi connectivity index (χ1n) is 6.28. The highest BCUT2D eigenvalue weighted by Crippen LogP contribution is 2.41. The number of carbonyl (C=O) groups is 1. The van der Waals surface area contributed by atoms with Crippen molar-refractivity contribution in [2.45, 2.75) is 9.37 Å². The number of aromatic nitrogens is 2. The number of esters is 1. The zero-order valence-corrected chi connectivity index (χ0v) is 14.2. The molecule has 0 amide bonds. The number of benzene rings is 1. The highest BCUT2D eigenvalue weighted by Gasteiger charge is 2.24. The Morgan fingerprint density at radius 2 is 2.25 bits per heavy atom. The molecule has 3 rings (SSSR count). The Labute approximate surface area is 146 Å². The lowest BCUT2D eigenvalue weighted by molar-refractivity contribution is -0.387. The fraction of sp³-hybridized carbons (Fsp3) is 0.0769. The van der Waals surface area contributed by atoms with Crippen molar-refractivity contribution in [3.63, 3.8) is 0 Å². The van der Waals surface area contributed by atoms with Gasteiger partial charge in [-0.15, -0.1) is 11.3 Å². The van der Waals surface area contributed by atoms with E-state index in [4.69, 9.17) is 11.6 Å². The van der Waals surface area contributed by atoms with Crippen LogP contribution in [-0.2, 0) is 4.74 Å². The number of nitro groups is 1. The summed E-state index contributed by atoms with van der Waals surface area (Å²) in [6.07, 6.45) is 0. The molecule has 0 spiro atoms. The second-order valence-corrected chi connectivity index (χ2v) is 7.18. The minimum Gasteiger partial charge on any atom is -0.465 e. The molecule has 0 aliphatic rings. The summed E-state index contributed by atoms with van der Waals surface area (Å²) in [5, 5.41) is 11.4. The van der Waals surface area contributed by atoms with Gasteiger partial charge in [-0.2, -0.15) is 0 Å². The summed E-state index contributed by atoms with van der Waals surface area (Å²) >= 11 is 7.59. The van der Waals surface area contributed by atoms with E-state index in [0.29, 0.717) is 16.2 Å². The standard InChI is InChI=1S/C13H7ClFN3O4S2/c1-22-11(19)10-4-9(18(20)21)12(23-10)24-13-16-7-2-5(14)6(15)3-8(7)17-13/h2-4H,1H3,(H,16,17). The topological polar surface area (TPSA) is 98.1 Å². The average molecular weight is 388 g/mol. The van der Waals surface area contributed by atoms with Gasteiger partial charge in [0.15, 0.2) is 5.16 Å². The molecule has 0 atom stereocenters. The van der Waals surface area contributed by atoms with E-state index in [9.17, 15) is 19.3 Å². The number of H-pyrrole nitrogens is 1. The van der Waals surface area contributed by atoms with Crippen molar-refractivity contribution in [3.8, 4) is 0 Å². The second kappa shape index (κ2) is 6.38. The Kier molecular flexibility index (Phi) is 4.43. The summed E-state index contributed by atoms with van der Waals surface area (Å²) in [5.41, 5.74) is 0.609. The molecule has 124 valence electrons. The zero-order chi connectivity index (χ0) is 17.4. The van der Waals surface area contributed by atoms with Crippen LogP contribution < -0.4 is 0 Å². The van der Waals surface area contributed by atoms with Crippen molar-refractivity contribution in [1.29, 1.82) is 0 Å². The number of rotatable bonds is 4. The van der Waals surface area contributed by atoms with Crippen LogP contribution in [0.25, 0.3) is 11.0 Å². The Morgan fingerprint density at radius 1 is 1.50 bits per heavy atom. The van der Waals surface area contributed by atoms with Gasteiger partial charge in [0, 0.05) is 12.1 Å². The van der Waals surface area contributed by atoms with Crippen LogP contribution in [0.15, 0.2) is 27.6 Å². The molecule has 0 radical (unpaired) electrons. The van der Waals surface area contributed by atoms with Crippen molar-refractivity contribution in [3.05, 3.63) is 44.0 Å². The van der Waals surface area contributed by atoms with Crippen molar-refractivity contribution >= 4 is 57.4 Å². The van der Waals surface area contributed by atoms with Crippen molar-refractivity contribution < 1.29 is 18.8 Å². The van der Waals surface area contributed by atoms with Gasteiger partial charge in [0.05, 0.1) is 28.1 Å². The summed E-state index contributed by atoms with van der Waals surface area (Å²) in [6, 6.07) is 3.70. The fourth-order valence-electron chi connectivity index (χ4n) is 1.88. The maximum atomic E-state index is 13.5. The van der Waals surface area contributed by atoms with Crippen LogP contribution in [0.5, 0.6) is 0 Å². The molecule has 0 fully saturated rings. The predicted molar refractivity (Wildman–Crippen MR) is 87.5 cm³/mol. The van der Waals surface area contributed by atoms with E-state index in [1.54, 1.807) is 0 Å². The highest BCUT2D eigenvalue weighted by atomic mass is 35.5. The Balaban J connectivity index is 1.99. The summed E-state index contributed by atoms with van der Waals surface area (Å²) in [7, 11) is 1.19. The lowest BCUT2D eigenvalue weighted by Gasteiger charge is -1.93.